The molecule has 5 rings (SSSR count). The van der Waals surface area contributed by atoms with E-state index in [0.29, 0.717) is 34.4 Å². The van der Waals surface area contributed by atoms with Gasteiger partial charge in [0, 0.05) is 27.7 Å². The maximum atomic E-state index is 14.8. The Morgan fingerprint density at radius 3 is 2.50 bits per heavy atom. The largest absolute Gasteiger partial charge is 0.425 e. The van der Waals surface area contributed by atoms with Gasteiger partial charge >= 0.3 is 11.8 Å². The van der Waals surface area contributed by atoms with E-state index in [1.165, 1.54) is 22.1 Å². The number of nitriles is 1. The van der Waals surface area contributed by atoms with Crippen LogP contribution in [0.25, 0.3) is 22.1 Å². The third-order valence-corrected chi connectivity index (χ3v) is 8.46. The highest BCUT2D eigenvalue weighted by Crippen LogP contribution is 2.31. The Balaban J connectivity index is 1.53. The zero-order chi connectivity index (χ0) is 33.0. The van der Waals surface area contributed by atoms with E-state index in [9.17, 15) is 18.7 Å². The van der Waals surface area contributed by atoms with Gasteiger partial charge in [-0.3, -0.25) is 4.79 Å². The number of carbonyl (C=O) groups excluding carboxylic acids is 1. The molecule has 0 radical (unpaired) electrons. The Morgan fingerprint density at radius 1 is 1.15 bits per heavy atom. The number of aryl methyl sites for hydroxylation is 2. The lowest BCUT2D eigenvalue weighted by Crippen LogP contribution is -2.36. The number of rotatable bonds is 11. The molecular weight excluding hydrogens is 610 g/mol. The molecular formula is C34H33F2N6O3S+. The summed E-state index contributed by atoms with van der Waals surface area (Å²) in [7, 11) is 1.67. The van der Waals surface area contributed by atoms with Gasteiger partial charge < -0.3 is 15.2 Å². The summed E-state index contributed by atoms with van der Waals surface area (Å²) in [6.07, 6.45) is 1.88. The minimum Gasteiger partial charge on any atom is -0.425 e. The van der Waals surface area contributed by atoms with Crippen LogP contribution in [0.4, 0.5) is 8.78 Å². The van der Waals surface area contributed by atoms with Crippen molar-refractivity contribution in [2.45, 2.75) is 45.9 Å². The van der Waals surface area contributed by atoms with Crippen LogP contribution in [-0.4, -0.2) is 39.4 Å². The normalized spacial score (nSPS) is 12.5. The Bertz CT molecular complexity index is 1910. The molecule has 2 aromatic heterocycles. The van der Waals surface area contributed by atoms with Crippen molar-refractivity contribution in [1.82, 2.24) is 20.1 Å². The van der Waals surface area contributed by atoms with Gasteiger partial charge in [0.1, 0.15) is 29.5 Å². The van der Waals surface area contributed by atoms with E-state index < -0.39 is 17.2 Å². The van der Waals surface area contributed by atoms with Crippen LogP contribution in [-0.2, 0) is 23.5 Å². The molecule has 0 spiro atoms. The van der Waals surface area contributed by atoms with Crippen LogP contribution in [0.15, 0.2) is 66.3 Å². The number of ether oxygens (including phenoxy) is 1. The van der Waals surface area contributed by atoms with Crippen molar-refractivity contribution in [3.63, 3.8) is 0 Å². The first kappa shape index (κ1) is 32.6. The molecule has 46 heavy (non-hydrogen) atoms. The van der Waals surface area contributed by atoms with Crippen LogP contribution in [0.5, 0.6) is 5.75 Å². The van der Waals surface area contributed by atoms with Gasteiger partial charge in [-0.05, 0) is 74.3 Å². The molecule has 0 aliphatic heterocycles. The molecule has 0 saturated heterocycles. The van der Waals surface area contributed by atoms with Crippen LogP contribution in [0.1, 0.15) is 41.2 Å². The molecule has 2 heterocycles. The molecule has 236 valence electrons. The highest BCUT2D eigenvalue weighted by molar-refractivity contribution is 7.13. The SMILES string of the molecule is CCC(O)(Cn1c[n+](Cc2cc(C)c(OC(=O)CNC)c(C)c2)c(-c2nc(-c3ccc(C#N)cc3)cs2)n1)c1ccc(F)cc1F. The monoisotopic (exact) mass is 643 g/mol. The van der Waals surface area contributed by atoms with E-state index in [0.717, 1.165) is 34.4 Å². The molecule has 1 atom stereocenters. The number of likely N-dealkylation sites (N-methyl/N-ethyl adjacent to an activating group) is 1. The summed E-state index contributed by atoms with van der Waals surface area (Å²) >= 11 is 1.39. The molecule has 5 aromatic rings. The summed E-state index contributed by atoms with van der Waals surface area (Å²) < 4.78 is 37.5. The van der Waals surface area contributed by atoms with E-state index in [-0.39, 0.29) is 31.0 Å². The number of esters is 1. The number of nitrogens with zero attached hydrogens (tertiary/aromatic N) is 5. The standard InChI is InChI=1S/C34H33F2N6O3S/c1-5-34(44,27-11-10-26(35)14-28(27)36)19-42-20-41(17-24-12-21(2)31(22(3)13-24)45-30(43)16-38-4)32(40-42)33-39-29(18-46-33)25-8-6-23(15-37)7-9-25/h6-14,18,20,38,44H,5,16-17,19H2,1-4H3/q+1. The van der Waals surface area contributed by atoms with Crippen LogP contribution in [0.2, 0.25) is 0 Å². The van der Waals surface area contributed by atoms with Gasteiger partial charge in [0.05, 0.1) is 30.4 Å². The van der Waals surface area contributed by atoms with Gasteiger partial charge in [-0.25, -0.2) is 18.3 Å². The number of nitrogens with one attached hydrogen (secondary N) is 1. The number of aromatic nitrogens is 4. The molecule has 0 amide bonds. The third kappa shape index (κ3) is 7.02. The predicted molar refractivity (Wildman–Crippen MR) is 169 cm³/mol. The number of halogens is 2. The van der Waals surface area contributed by atoms with Gasteiger partial charge in [0.25, 0.3) is 0 Å². The highest BCUT2D eigenvalue weighted by Gasteiger charge is 2.35. The summed E-state index contributed by atoms with van der Waals surface area (Å²) in [6, 6.07) is 16.2. The van der Waals surface area contributed by atoms with Gasteiger partial charge in [0.15, 0.2) is 5.01 Å². The van der Waals surface area contributed by atoms with E-state index in [2.05, 4.69) is 11.4 Å². The zero-order valence-electron chi connectivity index (χ0n) is 25.8. The molecule has 0 aliphatic rings. The summed E-state index contributed by atoms with van der Waals surface area (Å²) in [5.41, 5.74) is 2.90. The average molecular weight is 644 g/mol. The van der Waals surface area contributed by atoms with Crippen molar-refractivity contribution in [3.05, 3.63) is 106 Å². The molecule has 3 aromatic carbocycles. The first-order valence-corrected chi connectivity index (χ1v) is 15.5. The van der Waals surface area contributed by atoms with Crippen molar-refractivity contribution in [1.29, 1.82) is 5.26 Å². The Morgan fingerprint density at radius 2 is 1.87 bits per heavy atom. The summed E-state index contributed by atoms with van der Waals surface area (Å²) in [5, 5.41) is 30.8. The second-order valence-electron chi connectivity index (χ2n) is 11.1. The average Bonchev–Trinajstić information content (AvgIpc) is 3.66. The van der Waals surface area contributed by atoms with Crippen LogP contribution < -0.4 is 14.6 Å². The second-order valence-corrected chi connectivity index (χ2v) is 11.9. The quantitative estimate of drug-likeness (QED) is 0.116. The Labute approximate surface area is 269 Å². The molecule has 0 fully saturated rings. The van der Waals surface area contributed by atoms with Crippen molar-refractivity contribution < 1.29 is 28.0 Å². The molecule has 0 saturated carbocycles. The predicted octanol–water partition coefficient (Wildman–Crippen LogP) is 5.20. The molecule has 2 N–H and O–H groups in total. The summed E-state index contributed by atoms with van der Waals surface area (Å²) in [5.74, 6) is -0.927. The minimum absolute atomic E-state index is 0.0213. The Hall–Kier alpha value is -4.83. The summed E-state index contributed by atoms with van der Waals surface area (Å²) in [6.45, 7) is 5.82. The lowest BCUT2D eigenvalue weighted by Gasteiger charge is -2.25. The molecule has 9 nitrogen and oxygen atoms in total. The first-order valence-electron chi connectivity index (χ1n) is 14.6. The topological polar surface area (TPSA) is 117 Å². The molecule has 0 aliphatic carbocycles. The fourth-order valence-corrected chi connectivity index (χ4v) is 6.13. The maximum Gasteiger partial charge on any atom is 0.337 e. The van der Waals surface area contributed by atoms with Crippen molar-refractivity contribution in [2.75, 3.05) is 13.6 Å². The number of thiazole rings is 1. The van der Waals surface area contributed by atoms with Crippen molar-refractivity contribution in [2.24, 2.45) is 0 Å². The van der Waals surface area contributed by atoms with Gasteiger partial charge in [-0.1, -0.05) is 25.1 Å². The fourth-order valence-electron chi connectivity index (χ4n) is 5.31. The highest BCUT2D eigenvalue weighted by atomic mass is 32.1. The number of hydrogen-bond acceptors (Lipinski definition) is 8. The van der Waals surface area contributed by atoms with Gasteiger partial charge in [-0.15, -0.1) is 16.0 Å². The maximum absolute atomic E-state index is 14.8. The lowest BCUT2D eigenvalue weighted by atomic mass is 9.90. The number of hydrogen-bond donors (Lipinski definition) is 2. The number of carbonyl (C=O) groups is 1. The molecule has 12 heteroatoms. The van der Waals surface area contributed by atoms with E-state index in [1.54, 1.807) is 32.4 Å². The molecule has 1 unspecified atom stereocenters. The first-order chi connectivity index (χ1) is 22.0. The van der Waals surface area contributed by atoms with Crippen LogP contribution in [0, 0.1) is 36.8 Å². The third-order valence-electron chi connectivity index (χ3n) is 7.62. The number of aliphatic hydroxyl groups is 1. The lowest BCUT2D eigenvalue weighted by molar-refractivity contribution is -0.678. The van der Waals surface area contributed by atoms with Crippen molar-refractivity contribution >= 4 is 17.3 Å². The zero-order valence-corrected chi connectivity index (χ0v) is 26.7. The van der Waals surface area contributed by atoms with E-state index in [1.807, 2.05) is 48.1 Å². The van der Waals surface area contributed by atoms with Crippen molar-refractivity contribution in [3.8, 4) is 33.9 Å². The van der Waals surface area contributed by atoms with Gasteiger partial charge in [0.2, 0.25) is 6.33 Å². The van der Waals surface area contributed by atoms with E-state index in [4.69, 9.17) is 20.1 Å². The van der Waals surface area contributed by atoms with Gasteiger partial charge in [-0.2, -0.15) is 5.26 Å². The van der Waals surface area contributed by atoms with Crippen LogP contribution in [0.3, 0.4) is 0 Å². The van der Waals surface area contributed by atoms with E-state index >= 15 is 0 Å². The number of benzene rings is 3. The summed E-state index contributed by atoms with van der Waals surface area (Å²) in [4.78, 5) is 17.0. The minimum atomic E-state index is -1.67. The van der Waals surface area contributed by atoms with Crippen LogP contribution >= 0.6 is 11.3 Å². The fraction of sp³-hybridized carbons (Fsp3) is 0.265. The second kappa shape index (κ2) is 13.7. The Kier molecular flexibility index (Phi) is 9.67. The molecule has 0 bridgehead atoms. The smallest absolute Gasteiger partial charge is 0.337 e.